The van der Waals surface area contributed by atoms with E-state index in [2.05, 4.69) is 5.32 Å². The van der Waals surface area contributed by atoms with Gasteiger partial charge in [-0.2, -0.15) is 0 Å². The summed E-state index contributed by atoms with van der Waals surface area (Å²) in [6, 6.07) is -0.222. The second kappa shape index (κ2) is 7.84. The van der Waals surface area contributed by atoms with Crippen LogP contribution in [0.15, 0.2) is 0 Å². The Morgan fingerprint density at radius 1 is 1.62 bits per heavy atom. The van der Waals surface area contributed by atoms with Crippen molar-refractivity contribution in [1.82, 2.24) is 10.2 Å². The molecule has 1 N–H and O–H groups in total. The van der Waals surface area contributed by atoms with Crippen LogP contribution in [0.3, 0.4) is 0 Å². The molecule has 1 aliphatic heterocycles. The lowest BCUT2D eigenvalue weighted by Crippen LogP contribution is -2.56. The molecule has 1 aliphatic rings. The molecule has 0 bridgehead atoms. The first kappa shape index (κ1) is 15.6. The van der Waals surface area contributed by atoms with Gasteiger partial charge in [-0.15, -0.1) is 12.4 Å². The number of likely N-dealkylation sites (N-methyl/N-ethyl adjacent to an activating group) is 1. The zero-order valence-corrected chi connectivity index (χ0v) is 10.9. The van der Waals surface area contributed by atoms with Crippen molar-refractivity contribution in [2.75, 3.05) is 40.5 Å². The summed E-state index contributed by atoms with van der Waals surface area (Å²) in [5.74, 6) is 0.0688. The number of carbonyl (C=O) groups excluding carboxylic acids is 1. The van der Waals surface area contributed by atoms with Gasteiger partial charge in [-0.25, -0.2) is 0 Å². The van der Waals surface area contributed by atoms with Crippen molar-refractivity contribution < 1.29 is 14.3 Å². The molecule has 1 saturated heterocycles. The SMILES string of the molecule is COCCN(C)C(=O)[C@H]1NCCO[C@@H]1C.Cl. The molecule has 6 heteroatoms. The van der Waals surface area contributed by atoms with Gasteiger partial charge in [0.15, 0.2) is 0 Å². The van der Waals surface area contributed by atoms with E-state index in [0.717, 1.165) is 6.54 Å². The molecular formula is C10H21ClN2O3. The summed E-state index contributed by atoms with van der Waals surface area (Å²) in [7, 11) is 3.41. The topological polar surface area (TPSA) is 50.8 Å². The molecule has 0 saturated carbocycles. The molecular weight excluding hydrogens is 232 g/mol. The molecule has 0 aromatic carbocycles. The van der Waals surface area contributed by atoms with Crippen molar-refractivity contribution in [3.63, 3.8) is 0 Å². The Hall–Kier alpha value is -0.360. The molecule has 0 aromatic heterocycles. The van der Waals surface area contributed by atoms with Gasteiger partial charge in [-0.05, 0) is 6.92 Å². The van der Waals surface area contributed by atoms with E-state index < -0.39 is 0 Å². The highest BCUT2D eigenvalue weighted by atomic mass is 35.5. The number of halogens is 1. The number of nitrogens with zero attached hydrogens (tertiary/aromatic N) is 1. The molecule has 0 aromatic rings. The van der Waals surface area contributed by atoms with E-state index in [4.69, 9.17) is 9.47 Å². The van der Waals surface area contributed by atoms with Gasteiger partial charge in [0, 0.05) is 27.2 Å². The van der Waals surface area contributed by atoms with Crippen molar-refractivity contribution in [1.29, 1.82) is 0 Å². The van der Waals surface area contributed by atoms with Gasteiger partial charge in [0.25, 0.3) is 0 Å². The van der Waals surface area contributed by atoms with E-state index in [0.29, 0.717) is 19.8 Å². The number of methoxy groups -OCH3 is 1. The first-order valence-corrected chi connectivity index (χ1v) is 5.25. The summed E-state index contributed by atoms with van der Waals surface area (Å²) in [4.78, 5) is 13.6. The van der Waals surface area contributed by atoms with Crippen LogP contribution in [0.1, 0.15) is 6.92 Å². The van der Waals surface area contributed by atoms with Gasteiger partial charge in [0.05, 0.1) is 19.3 Å². The Balaban J connectivity index is 0.00000225. The smallest absolute Gasteiger partial charge is 0.242 e. The molecule has 1 rings (SSSR count). The van der Waals surface area contributed by atoms with Crippen LogP contribution in [0, 0.1) is 0 Å². The van der Waals surface area contributed by atoms with Gasteiger partial charge in [0.1, 0.15) is 6.04 Å². The highest BCUT2D eigenvalue weighted by molar-refractivity contribution is 5.85. The van der Waals surface area contributed by atoms with Crippen molar-refractivity contribution >= 4 is 18.3 Å². The van der Waals surface area contributed by atoms with Crippen LogP contribution in [0.5, 0.6) is 0 Å². The maximum atomic E-state index is 11.9. The van der Waals surface area contributed by atoms with E-state index in [1.807, 2.05) is 6.92 Å². The van der Waals surface area contributed by atoms with E-state index in [1.54, 1.807) is 19.1 Å². The van der Waals surface area contributed by atoms with Crippen LogP contribution in [0.4, 0.5) is 0 Å². The summed E-state index contributed by atoms with van der Waals surface area (Å²) < 4.78 is 10.4. The lowest BCUT2D eigenvalue weighted by atomic mass is 10.1. The predicted molar refractivity (Wildman–Crippen MR) is 64.0 cm³/mol. The zero-order valence-electron chi connectivity index (χ0n) is 10.1. The van der Waals surface area contributed by atoms with Crippen molar-refractivity contribution in [2.24, 2.45) is 0 Å². The second-order valence-electron chi connectivity index (χ2n) is 3.76. The molecule has 96 valence electrons. The van der Waals surface area contributed by atoms with Crippen LogP contribution < -0.4 is 5.32 Å². The number of morpholine rings is 1. The fourth-order valence-electron chi connectivity index (χ4n) is 1.59. The Morgan fingerprint density at radius 3 is 2.88 bits per heavy atom. The van der Waals surface area contributed by atoms with Gasteiger partial charge < -0.3 is 19.7 Å². The monoisotopic (exact) mass is 252 g/mol. The number of rotatable bonds is 4. The summed E-state index contributed by atoms with van der Waals surface area (Å²) in [5.41, 5.74) is 0. The minimum absolute atomic E-state index is 0. The first-order chi connectivity index (χ1) is 7.16. The molecule has 0 radical (unpaired) electrons. The van der Waals surface area contributed by atoms with E-state index in [1.165, 1.54) is 0 Å². The standard InChI is InChI=1S/C10H20N2O3.ClH/c1-8-9(11-4-6-15-8)10(13)12(2)5-7-14-3;/h8-9,11H,4-7H2,1-3H3;1H/t8-,9+;/m1./s1. The van der Waals surface area contributed by atoms with Crippen molar-refractivity contribution in [3.8, 4) is 0 Å². The van der Waals surface area contributed by atoms with Gasteiger partial charge >= 0.3 is 0 Å². The number of nitrogens with one attached hydrogen (secondary N) is 1. The fraction of sp³-hybridized carbons (Fsp3) is 0.900. The summed E-state index contributed by atoms with van der Waals surface area (Å²) in [5, 5.41) is 3.17. The van der Waals surface area contributed by atoms with Gasteiger partial charge in [0.2, 0.25) is 5.91 Å². The Bertz CT molecular complexity index is 216. The Kier molecular flexibility index (Phi) is 7.66. The maximum Gasteiger partial charge on any atom is 0.242 e. The van der Waals surface area contributed by atoms with Crippen LogP contribution in [-0.4, -0.2) is 63.4 Å². The summed E-state index contributed by atoms with van der Waals surface area (Å²) >= 11 is 0. The van der Waals surface area contributed by atoms with Crippen LogP contribution in [0.2, 0.25) is 0 Å². The molecule has 0 aliphatic carbocycles. The lowest BCUT2D eigenvalue weighted by molar-refractivity contribution is -0.138. The molecule has 0 spiro atoms. The quantitative estimate of drug-likeness (QED) is 0.759. The Morgan fingerprint density at radius 2 is 2.31 bits per heavy atom. The summed E-state index contributed by atoms with van der Waals surface area (Å²) in [6.45, 7) is 4.49. The fourth-order valence-corrected chi connectivity index (χ4v) is 1.59. The van der Waals surface area contributed by atoms with E-state index in [9.17, 15) is 4.79 Å². The second-order valence-corrected chi connectivity index (χ2v) is 3.76. The Labute approximate surface area is 103 Å². The predicted octanol–water partition coefficient (Wildman–Crippen LogP) is -0.110. The van der Waals surface area contributed by atoms with Gasteiger partial charge in [-0.3, -0.25) is 4.79 Å². The van der Waals surface area contributed by atoms with Crippen LogP contribution in [0.25, 0.3) is 0 Å². The van der Waals surface area contributed by atoms with Crippen LogP contribution >= 0.6 is 12.4 Å². The molecule has 16 heavy (non-hydrogen) atoms. The lowest BCUT2D eigenvalue weighted by Gasteiger charge is -2.32. The normalized spacial score (nSPS) is 24.7. The third kappa shape index (κ3) is 4.25. The minimum atomic E-state index is -0.222. The molecule has 1 heterocycles. The van der Waals surface area contributed by atoms with Crippen molar-refractivity contribution in [2.45, 2.75) is 19.1 Å². The molecule has 1 fully saturated rings. The number of hydrogen-bond donors (Lipinski definition) is 1. The zero-order chi connectivity index (χ0) is 11.3. The maximum absolute atomic E-state index is 11.9. The highest BCUT2D eigenvalue weighted by Gasteiger charge is 2.30. The minimum Gasteiger partial charge on any atom is -0.383 e. The average molecular weight is 253 g/mol. The molecule has 5 nitrogen and oxygen atoms in total. The van der Waals surface area contributed by atoms with Crippen molar-refractivity contribution in [3.05, 3.63) is 0 Å². The van der Waals surface area contributed by atoms with Gasteiger partial charge in [-0.1, -0.05) is 0 Å². The molecule has 2 atom stereocenters. The third-order valence-corrected chi connectivity index (χ3v) is 2.59. The first-order valence-electron chi connectivity index (χ1n) is 5.25. The molecule has 1 amide bonds. The number of carbonyl (C=O) groups is 1. The average Bonchev–Trinajstić information content (AvgIpc) is 2.25. The number of amides is 1. The largest absolute Gasteiger partial charge is 0.383 e. The van der Waals surface area contributed by atoms with E-state index >= 15 is 0 Å². The number of ether oxygens (including phenoxy) is 2. The van der Waals surface area contributed by atoms with Crippen LogP contribution in [-0.2, 0) is 14.3 Å². The molecule has 0 unspecified atom stereocenters. The summed E-state index contributed by atoms with van der Waals surface area (Å²) in [6.07, 6.45) is -0.0590. The highest BCUT2D eigenvalue weighted by Crippen LogP contribution is 2.06. The van der Waals surface area contributed by atoms with E-state index in [-0.39, 0.29) is 30.5 Å². The number of hydrogen-bond acceptors (Lipinski definition) is 4. The third-order valence-electron chi connectivity index (χ3n) is 2.59.